The van der Waals surface area contributed by atoms with E-state index in [2.05, 4.69) is 0 Å². The number of nitrogens with zero attached hydrogens (tertiary/aromatic N) is 2. The maximum absolute atomic E-state index is 9.91. The molecule has 0 atom stereocenters. The first-order chi connectivity index (χ1) is 8.52. The van der Waals surface area contributed by atoms with Gasteiger partial charge in [-0.3, -0.25) is 0 Å². The van der Waals surface area contributed by atoms with E-state index >= 15 is 0 Å². The Hall–Kier alpha value is -2.14. The van der Waals surface area contributed by atoms with Crippen molar-refractivity contribution in [2.45, 2.75) is 0 Å². The highest BCUT2D eigenvalue weighted by atomic mass is 35.5. The zero-order chi connectivity index (χ0) is 13.4. The Kier molecular flexibility index (Phi) is 2.92. The zero-order valence-electron chi connectivity index (χ0n) is 8.70. The maximum Gasteiger partial charge on any atom is 0.145 e. The van der Waals surface area contributed by atoms with Crippen LogP contribution in [-0.4, -0.2) is 10.2 Å². The van der Waals surface area contributed by atoms with Crippen molar-refractivity contribution in [1.29, 1.82) is 10.5 Å². The van der Waals surface area contributed by atoms with E-state index in [4.69, 9.17) is 33.7 Å². The summed E-state index contributed by atoms with van der Waals surface area (Å²) in [6.07, 6.45) is 0. The van der Waals surface area contributed by atoms with Crippen LogP contribution in [0.25, 0.3) is 10.8 Å². The summed E-state index contributed by atoms with van der Waals surface area (Å²) < 4.78 is 0. The van der Waals surface area contributed by atoms with Crippen molar-refractivity contribution in [2.75, 3.05) is 0 Å². The van der Waals surface area contributed by atoms with Crippen LogP contribution in [0.15, 0.2) is 12.1 Å². The number of halogens is 2. The molecule has 0 aliphatic rings. The predicted octanol–water partition coefficient (Wildman–Crippen LogP) is 3.30. The Morgan fingerprint density at radius 3 is 2.11 bits per heavy atom. The molecule has 0 bridgehead atoms. The van der Waals surface area contributed by atoms with Gasteiger partial charge in [-0.05, 0) is 12.1 Å². The number of rotatable bonds is 0. The molecular weight excluding hydrogens is 275 g/mol. The predicted molar refractivity (Wildman–Crippen MR) is 66.7 cm³/mol. The molecule has 0 amide bonds. The lowest BCUT2D eigenvalue weighted by molar-refractivity contribution is 0.470. The van der Waals surface area contributed by atoms with Gasteiger partial charge in [-0.2, -0.15) is 10.5 Å². The molecule has 6 heteroatoms. The summed E-state index contributed by atoms with van der Waals surface area (Å²) in [5.74, 6) is -0.765. The Labute approximate surface area is 112 Å². The van der Waals surface area contributed by atoms with Crippen LogP contribution in [0, 0.1) is 22.7 Å². The first-order valence-electron chi connectivity index (χ1n) is 4.68. The minimum Gasteiger partial charge on any atom is -0.506 e. The molecule has 0 aliphatic heterocycles. The molecule has 0 radical (unpaired) electrons. The molecule has 2 rings (SSSR count). The van der Waals surface area contributed by atoms with Gasteiger partial charge in [0.05, 0.1) is 11.1 Å². The van der Waals surface area contributed by atoms with Crippen LogP contribution in [0.2, 0.25) is 10.0 Å². The molecule has 0 fully saturated rings. The van der Waals surface area contributed by atoms with E-state index in [1.165, 1.54) is 12.1 Å². The van der Waals surface area contributed by atoms with E-state index in [0.29, 0.717) is 0 Å². The fourth-order valence-electron chi connectivity index (χ4n) is 1.69. The number of hydrogen-bond acceptors (Lipinski definition) is 4. The first kappa shape index (κ1) is 12.3. The topological polar surface area (TPSA) is 88.0 Å². The number of phenolic OH excluding ortho intramolecular Hbond substituents is 2. The fraction of sp³-hybridized carbons (Fsp3) is 0. The number of aromatic hydroxyl groups is 2. The molecule has 0 aliphatic carbocycles. The first-order valence-corrected chi connectivity index (χ1v) is 5.44. The van der Waals surface area contributed by atoms with E-state index < -0.39 is 5.75 Å². The van der Waals surface area contributed by atoms with Crippen LogP contribution in [-0.2, 0) is 0 Å². The summed E-state index contributed by atoms with van der Waals surface area (Å²) in [5.41, 5.74) is 0.0273. The average molecular weight is 279 g/mol. The average Bonchev–Trinajstić information content (AvgIpc) is 2.40. The van der Waals surface area contributed by atoms with Gasteiger partial charge in [-0.15, -0.1) is 0 Å². The van der Waals surface area contributed by atoms with Gasteiger partial charge in [0.2, 0.25) is 0 Å². The second kappa shape index (κ2) is 4.27. The Bertz CT molecular complexity index is 758. The van der Waals surface area contributed by atoms with Crippen molar-refractivity contribution >= 4 is 34.0 Å². The van der Waals surface area contributed by atoms with Gasteiger partial charge in [0, 0.05) is 10.8 Å². The zero-order valence-corrected chi connectivity index (χ0v) is 10.2. The van der Waals surface area contributed by atoms with Crippen LogP contribution in [0.1, 0.15) is 11.1 Å². The maximum atomic E-state index is 9.91. The molecule has 0 heterocycles. The molecule has 18 heavy (non-hydrogen) atoms. The second-order valence-electron chi connectivity index (χ2n) is 3.46. The summed E-state index contributed by atoms with van der Waals surface area (Å²) in [7, 11) is 0. The van der Waals surface area contributed by atoms with Gasteiger partial charge in [-0.25, -0.2) is 0 Å². The Morgan fingerprint density at radius 1 is 0.944 bits per heavy atom. The monoisotopic (exact) mass is 278 g/mol. The number of benzene rings is 2. The number of nitriles is 2. The molecule has 0 saturated carbocycles. The van der Waals surface area contributed by atoms with Crippen molar-refractivity contribution in [3.8, 4) is 23.6 Å². The molecule has 0 spiro atoms. The third kappa shape index (κ3) is 1.52. The van der Waals surface area contributed by atoms with Crippen LogP contribution < -0.4 is 0 Å². The lowest BCUT2D eigenvalue weighted by Crippen LogP contribution is -1.89. The van der Waals surface area contributed by atoms with Crippen molar-refractivity contribution in [3.05, 3.63) is 33.3 Å². The molecule has 4 nitrogen and oxygen atoms in total. The van der Waals surface area contributed by atoms with Crippen LogP contribution >= 0.6 is 23.2 Å². The van der Waals surface area contributed by atoms with E-state index in [-0.39, 0.29) is 37.7 Å². The van der Waals surface area contributed by atoms with Crippen molar-refractivity contribution in [3.63, 3.8) is 0 Å². The molecular formula is C12H4Cl2N2O2. The van der Waals surface area contributed by atoms with Crippen molar-refractivity contribution < 1.29 is 10.2 Å². The lowest BCUT2D eigenvalue weighted by atomic mass is 9.99. The summed E-state index contributed by atoms with van der Waals surface area (Å²) in [6, 6.07) is 6.40. The smallest absolute Gasteiger partial charge is 0.145 e. The highest BCUT2D eigenvalue weighted by Crippen LogP contribution is 2.46. The van der Waals surface area contributed by atoms with Gasteiger partial charge in [-0.1, -0.05) is 23.2 Å². The molecule has 0 aromatic heterocycles. The van der Waals surface area contributed by atoms with Crippen molar-refractivity contribution in [1.82, 2.24) is 0 Å². The van der Waals surface area contributed by atoms with Crippen LogP contribution in [0.5, 0.6) is 11.5 Å². The molecule has 2 N–H and O–H groups in total. The van der Waals surface area contributed by atoms with Gasteiger partial charge < -0.3 is 10.2 Å². The molecule has 2 aromatic rings. The highest BCUT2D eigenvalue weighted by Gasteiger charge is 2.20. The number of phenols is 2. The summed E-state index contributed by atoms with van der Waals surface area (Å²) in [4.78, 5) is 0. The minimum atomic E-state index is -0.428. The highest BCUT2D eigenvalue weighted by molar-refractivity contribution is 6.45. The van der Waals surface area contributed by atoms with E-state index in [9.17, 15) is 10.2 Å². The van der Waals surface area contributed by atoms with Gasteiger partial charge >= 0.3 is 0 Å². The van der Waals surface area contributed by atoms with Gasteiger partial charge in [0.1, 0.15) is 33.7 Å². The Balaban J connectivity index is 3.14. The van der Waals surface area contributed by atoms with Crippen LogP contribution in [0.4, 0.5) is 0 Å². The number of fused-ring (bicyclic) bond motifs is 1. The summed E-state index contributed by atoms with van der Waals surface area (Å²) in [5, 5.41) is 37.4. The summed E-state index contributed by atoms with van der Waals surface area (Å²) in [6.45, 7) is 0. The third-order valence-electron chi connectivity index (χ3n) is 2.54. The normalized spacial score (nSPS) is 10.0. The molecule has 0 saturated heterocycles. The van der Waals surface area contributed by atoms with E-state index in [1.807, 2.05) is 12.1 Å². The largest absolute Gasteiger partial charge is 0.506 e. The molecule has 88 valence electrons. The van der Waals surface area contributed by atoms with Gasteiger partial charge in [0.25, 0.3) is 0 Å². The lowest BCUT2D eigenvalue weighted by Gasteiger charge is -2.10. The summed E-state index contributed by atoms with van der Waals surface area (Å²) >= 11 is 11.5. The second-order valence-corrected chi connectivity index (χ2v) is 4.22. The SMILES string of the molecule is N#Cc1ccc2c(O)c(Cl)c(Cl)c(O)c2c1C#N. The quantitative estimate of drug-likeness (QED) is 0.724. The van der Waals surface area contributed by atoms with Crippen molar-refractivity contribution in [2.24, 2.45) is 0 Å². The number of hydrogen-bond donors (Lipinski definition) is 2. The Morgan fingerprint density at radius 2 is 1.56 bits per heavy atom. The minimum absolute atomic E-state index is 0.0171. The van der Waals surface area contributed by atoms with Gasteiger partial charge in [0.15, 0.2) is 0 Å². The third-order valence-corrected chi connectivity index (χ3v) is 3.37. The molecule has 0 unspecified atom stereocenters. The fourth-order valence-corrected chi connectivity index (χ4v) is 2.07. The standard InChI is InChI=1S/C12H4Cl2N2O2/c13-9-10(14)12(18)8-6(11(9)17)2-1-5(3-15)7(8)4-16/h1-2,17-18H. The van der Waals surface area contributed by atoms with E-state index in [1.54, 1.807) is 0 Å². The molecule has 2 aromatic carbocycles. The van der Waals surface area contributed by atoms with E-state index in [0.717, 1.165) is 0 Å². The van der Waals surface area contributed by atoms with Crippen LogP contribution in [0.3, 0.4) is 0 Å².